The van der Waals surface area contributed by atoms with Gasteiger partial charge in [0.2, 0.25) is 5.91 Å². The molecule has 1 aliphatic rings. The van der Waals surface area contributed by atoms with E-state index in [4.69, 9.17) is 11.6 Å². The molecule has 6 nitrogen and oxygen atoms in total. The zero-order valence-corrected chi connectivity index (χ0v) is 12.8. The molecule has 1 aromatic carbocycles. The van der Waals surface area contributed by atoms with Crippen LogP contribution in [0, 0.1) is 5.82 Å². The number of benzene rings is 1. The Bertz CT molecular complexity index is 737. The predicted octanol–water partition coefficient (Wildman–Crippen LogP) is 2.28. The lowest BCUT2D eigenvalue weighted by atomic mass is 10.1. The van der Waals surface area contributed by atoms with E-state index in [2.05, 4.69) is 20.8 Å². The largest absolute Gasteiger partial charge is 0.349 e. The Morgan fingerprint density at radius 2 is 2.17 bits per heavy atom. The number of H-pyrrole nitrogens is 1. The minimum absolute atomic E-state index is 0.107. The Morgan fingerprint density at radius 3 is 2.87 bits per heavy atom. The highest BCUT2D eigenvalue weighted by molar-refractivity contribution is 6.31. The van der Waals surface area contributed by atoms with Gasteiger partial charge in [-0.2, -0.15) is 5.10 Å². The van der Waals surface area contributed by atoms with Crippen LogP contribution in [-0.4, -0.2) is 28.1 Å². The summed E-state index contributed by atoms with van der Waals surface area (Å²) in [6.45, 7) is 0. The van der Waals surface area contributed by atoms with E-state index in [-0.39, 0.29) is 40.3 Å². The van der Waals surface area contributed by atoms with Gasteiger partial charge in [-0.15, -0.1) is 0 Å². The van der Waals surface area contributed by atoms with E-state index in [9.17, 15) is 14.0 Å². The Labute approximate surface area is 136 Å². The van der Waals surface area contributed by atoms with Crippen molar-refractivity contribution >= 4 is 29.2 Å². The third kappa shape index (κ3) is 3.68. The lowest BCUT2D eigenvalue weighted by Gasteiger charge is -2.08. The first-order valence-electron chi connectivity index (χ1n) is 7.11. The summed E-state index contributed by atoms with van der Waals surface area (Å²) in [6, 6.07) is 4.41. The third-order valence-electron chi connectivity index (χ3n) is 3.46. The molecule has 2 aromatic rings. The summed E-state index contributed by atoms with van der Waals surface area (Å²) in [5.74, 6) is -1.17. The number of nitrogens with one attached hydrogen (secondary N) is 3. The fourth-order valence-electron chi connectivity index (χ4n) is 2.09. The second-order valence-corrected chi connectivity index (χ2v) is 5.74. The number of aromatic nitrogens is 2. The molecule has 1 aromatic heterocycles. The average Bonchev–Trinajstić information content (AvgIpc) is 3.19. The molecule has 1 heterocycles. The van der Waals surface area contributed by atoms with Crippen LogP contribution in [-0.2, 0) is 11.2 Å². The number of carbonyl (C=O) groups is 2. The standard InChI is InChI=1S/C15H14ClFN4O2/c16-11-2-1-3-12(17)9(11)6-13(22)20-14-10(7-18-21-14)15(23)19-8-4-5-8/h1-3,7-8H,4-6H2,(H,19,23)(H2,18,20,21,22). The lowest BCUT2D eigenvalue weighted by molar-refractivity contribution is -0.115. The first kappa shape index (κ1) is 15.5. The smallest absolute Gasteiger partial charge is 0.256 e. The number of anilines is 1. The summed E-state index contributed by atoms with van der Waals surface area (Å²) in [7, 11) is 0. The monoisotopic (exact) mass is 336 g/mol. The number of halogens is 2. The minimum atomic E-state index is -0.552. The molecule has 0 spiro atoms. The average molecular weight is 337 g/mol. The zero-order valence-electron chi connectivity index (χ0n) is 12.0. The van der Waals surface area contributed by atoms with Gasteiger partial charge in [-0.05, 0) is 25.0 Å². The summed E-state index contributed by atoms with van der Waals surface area (Å²) in [4.78, 5) is 24.1. The lowest BCUT2D eigenvalue weighted by Crippen LogP contribution is -2.26. The van der Waals surface area contributed by atoms with E-state index in [0.29, 0.717) is 0 Å². The van der Waals surface area contributed by atoms with Crippen molar-refractivity contribution in [3.63, 3.8) is 0 Å². The quantitative estimate of drug-likeness (QED) is 0.782. The van der Waals surface area contributed by atoms with Gasteiger partial charge in [0.15, 0.2) is 0 Å². The van der Waals surface area contributed by atoms with E-state index in [1.54, 1.807) is 0 Å². The molecule has 0 saturated heterocycles. The van der Waals surface area contributed by atoms with Crippen LogP contribution >= 0.6 is 11.6 Å². The highest BCUT2D eigenvalue weighted by Gasteiger charge is 2.26. The Morgan fingerprint density at radius 1 is 1.39 bits per heavy atom. The van der Waals surface area contributed by atoms with Gasteiger partial charge in [-0.25, -0.2) is 4.39 Å². The normalized spacial score (nSPS) is 13.7. The van der Waals surface area contributed by atoms with E-state index in [0.717, 1.165) is 12.8 Å². The van der Waals surface area contributed by atoms with Crippen LogP contribution in [0.25, 0.3) is 0 Å². The van der Waals surface area contributed by atoms with Gasteiger partial charge >= 0.3 is 0 Å². The maximum atomic E-state index is 13.7. The van der Waals surface area contributed by atoms with E-state index < -0.39 is 11.7 Å². The summed E-state index contributed by atoms with van der Waals surface area (Å²) in [5, 5.41) is 11.8. The van der Waals surface area contributed by atoms with E-state index >= 15 is 0 Å². The molecule has 0 aliphatic heterocycles. The molecule has 3 N–H and O–H groups in total. The van der Waals surface area contributed by atoms with Crippen LogP contribution in [0.4, 0.5) is 10.2 Å². The van der Waals surface area contributed by atoms with Crippen molar-refractivity contribution in [2.75, 3.05) is 5.32 Å². The molecule has 23 heavy (non-hydrogen) atoms. The molecular weight excluding hydrogens is 323 g/mol. The van der Waals surface area contributed by atoms with Crippen LogP contribution in [0.15, 0.2) is 24.4 Å². The highest BCUT2D eigenvalue weighted by Crippen LogP contribution is 2.22. The maximum absolute atomic E-state index is 13.7. The van der Waals surface area contributed by atoms with Gasteiger partial charge in [0.05, 0.1) is 12.6 Å². The van der Waals surface area contributed by atoms with Gasteiger partial charge < -0.3 is 10.6 Å². The van der Waals surface area contributed by atoms with Crippen molar-refractivity contribution in [3.05, 3.63) is 46.4 Å². The maximum Gasteiger partial charge on any atom is 0.256 e. The van der Waals surface area contributed by atoms with Crippen molar-refractivity contribution in [2.45, 2.75) is 25.3 Å². The van der Waals surface area contributed by atoms with Gasteiger partial charge in [0.1, 0.15) is 17.2 Å². The summed E-state index contributed by atoms with van der Waals surface area (Å²) < 4.78 is 13.7. The number of hydrogen-bond donors (Lipinski definition) is 3. The Balaban J connectivity index is 1.68. The molecule has 3 rings (SSSR count). The molecule has 1 fully saturated rings. The van der Waals surface area contributed by atoms with E-state index in [1.807, 2.05) is 0 Å². The second kappa shape index (κ2) is 6.37. The molecule has 2 amide bonds. The highest BCUT2D eigenvalue weighted by atomic mass is 35.5. The third-order valence-corrected chi connectivity index (χ3v) is 3.81. The first-order valence-corrected chi connectivity index (χ1v) is 7.49. The van der Waals surface area contributed by atoms with E-state index in [1.165, 1.54) is 24.4 Å². The fourth-order valence-corrected chi connectivity index (χ4v) is 2.32. The topological polar surface area (TPSA) is 86.9 Å². The molecule has 8 heteroatoms. The van der Waals surface area contributed by atoms with Crippen molar-refractivity contribution in [3.8, 4) is 0 Å². The van der Waals surface area contributed by atoms with Crippen molar-refractivity contribution in [1.82, 2.24) is 15.5 Å². The number of hydrogen-bond acceptors (Lipinski definition) is 3. The van der Waals surface area contributed by atoms with Crippen molar-refractivity contribution in [2.24, 2.45) is 0 Å². The van der Waals surface area contributed by atoms with Crippen LogP contribution in [0.3, 0.4) is 0 Å². The predicted molar refractivity (Wildman–Crippen MR) is 82.8 cm³/mol. The van der Waals surface area contributed by atoms with Crippen molar-refractivity contribution < 1.29 is 14.0 Å². The Kier molecular flexibility index (Phi) is 4.29. The molecule has 0 bridgehead atoms. The van der Waals surface area contributed by atoms with Gasteiger partial charge in [-0.1, -0.05) is 17.7 Å². The first-order chi connectivity index (χ1) is 11.0. The fraction of sp³-hybridized carbons (Fsp3) is 0.267. The molecule has 0 radical (unpaired) electrons. The van der Waals surface area contributed by atoms with Gasteiger partial charge in [-0.3, -0.25) is 14.7 Å². The number of rotatable bonds is 5. The minimum Gasteiger partial charge on any atom is -0.349 e. The zero-order chi connectivity index (χ0) is 16.4. The summed E-state index contributed by atoms with van der Waals surface area (Å²) in [5.41, 5.74) is 0.347. The van der Waals surface area contributed by atoms with Crippen LogP contribution in [0.1, 0.15) is 28.8 Å². The van der Waals surface area contributed by atoms with Gasteiger partial charge in [0, 0.05) is 16.6 Å². The number of amides is 2. The number of carbonyl (C=O) groups excluding carboxylic acids is 2. The molecular formula is C15H14ClFN4O2. The Hall–Kier alpha value is -2.41. The SMILES string of the molecule is O=C(Cc1c(F)cccc1Cl)Nc1[nH]ncc1C(=O)NC1CC1. The summed E-state index contributed by atoms with van der Waals surface area (Å²) in [6.07, 6.45) is 3.01. The van der Waals surface area contributed by atoms with Gasteiger partial charge in [0.25, 0.3) is 5.91 Å². The van der Waals surface area contributed by atoms with Crippen LogP contribution < -0.4 is 10.6 Å². The molecule has 1 aliphatic carbocycles. The molecule has 0 unspecified atom stereocenters. The molecule has 1 saturated carbocycles. The second-order valence-electron chi connectivity index (χ2n) is 5.33. The van der Waals surface area contributed by atoms with Crippen molar-refractivity contribution in [1.29, 1.82) is 0 Å². The van der Waals surface area contributed by atoms with Crippen LogP contribution in [0.5, 0.6) is 0 Å². The number of nitrogens with zero attached hydrogens (tertiary/aromatic N) is 1. The molecule has 120 valence electrons. The van der Waals surface area contributed by atoms with Crippen LogP contribution in [0.2, 0.25) is 5.02 Å². The number of aromatic amines is 1. The summed E-state index contributed by atoms with van der Waals surface area (Å²) >= 11 is 5.90. The molecule has 0 atom stereocenters.